The second kappa shape index (κ2) is 4.83. The Bertz CT molecular complexity index is 644. The molecule has 1 saturated heterocycles. The smallest absolute Gasteiger partial charge is 0.162 e. The van der Waals surface area contributed by atoms with Crippen LogP contribution < -0.4 is 4.90 Å². The first-order chi connectivity index (χ1) is 9.20. The highest BCUT2D eigenvalue weighted by Crippen LogP contribution is 2.41. The predicted octanol–water partition coefficient (Wildman–Crippen LogP) is 3.31. The Morgan fingerprint density at radius 1 is 1.63 bits per heavy atom. The van der Waals surface area contributed by atoms with Crippen LogP contribution in [0.3, 0.4) is 0 Å². The van der Waals surface area contributed by atoms with E-state index in [-0.39, 0.29) is 11.2 Å². The zero-order chi connectivity index (χ0) is 13.4. The number of hydrogen-bond donors (Lipinski definition) is 0. The van der Waals surface area contributed by atoms with Gasteiger partial charge in [0.1, 0.15) is 28.1 Å². The van der Waals surface area contributed by atoms with Gasteiger partial charge in [0, 0.05) is 12.6 Å². The van der Waals surface area contributed by atoms with E-state index < -0.39 is 0 Å². The Labute approximate surface area is 119 Å². The molecule has 0 N–H and O–H groups in total. The molecule has 3 rings (SSSR count). The van der Waals surface area contributed by atoms with Gasteiger partial charge in [0.2, 0.25) is 0 Å². The minimum absolute atomic E-state index is 0.140. The number of rotatable bonds is 2. The van der Waals surface area contributed by atoms with E-state index in [1.807, 2.05) is 13.0 Å². The van der Waals surface area contributed by atoms with Gasteiger partial charge in [-0.15, -0.1) is 0 Å². The van der Waals surface area contributed by atoms with Gasteiger partial charge in [-0.2, -0.15) is 9.64 Å². The van der Waals surface area contributed by atoms with Gasteiger partial charge in [-0.1, -0.05) is 16.8 Å². The van der Waals surface area contributed by atoms with E-state index in [0.717, 1.165) is 35.8 Å². The van der Waals surface area contributed by atoms with Gasteiger partial charge in [0.25, 0.3) is 0 Å². The van der Waals surface area contributed by atoms with Crippen LogP contribution in [0.1, 0.15) is 35.9 Å². The van der Waals surface area contributed by atoms with Crippen molar-refractivity contribution in [3.8, 4) is 6.07 Å². The van der Waals surface area contributed by atoms with Gasteiger partial charge >= 0.3 is 0 Å². The summed E-state index contributed by atoms with van der Waals surface area (Å²) in [5.41, 5.74) is 1.36. The van der Waals surface area contributed by atoms with E-state index in [4.69, 9.17) is 16.1 Å². The second-order valence-electron chi connectivity index (χ2n) is 4.48. The lowest BCUT2D eigenvalue weighted by atomic mass is 10.1. The Morgan fingerprint density at radius 3 is 3.16 bits per heavy atom. The van der Waals surface area contributed by atoms with E-state index in [1.54, 1.807) is 0 Å². The zero-order valence-electron chi connectivity index (χ0n) is 10.3. The molecule has 1 fully saturated rings. The van der Waals surface area contributed by atoms with E-state index in [0.29, 0.717) is 5.56 Å². The first-order valence-electron chi connectivity index (χ1n) is 5.96. The summed E-state index contributed by atoms with van der Waals surface area (Å²) in [7, 11) is 0. The highest BCUT2D eigenvalue weighted by Gasteiger charge is 2.32. The first-order valence-corrected chi connectivity index (χ1v) is 7.11. The third-order valence-corrected chi connectivity index (χ3v) is 4.50. The minimum Gasteiger partial charge on any atom is -0.361 e. The topological polar surface area (TPSA) is 66.0 Å². The maximum Gasteiger partial charge on any atom is 0.162 e. The highest BCUT2D eigenvalue weighted by atomic mass is 35.5. The zero-order valence-corrected chi connectivity index (χ0v) is 11.8. The van der Waals surface area contributed by atoms with Crippen LogP contribution >= 0.6 is 23.1 Å². The lowest BCUT2D eigenvalue weighted by Crippen LogP contribution is -2.22. The number of nitriles is 1. The Kier molecular flexibility index (Phi) is 3.17. The molecule has 3 heterocycles. The third-order valence-electron chi connectivity index (χ3n) is 3.25. The van der Waals surface area contributed by atoms with Crippen LogP contribution in [0.2, 0.25) is 5.15 Å². The molecule has 2 aromatic heterocycles. The Balaban J connectivity index is 1.98. The molecule has 1 aliphatic heterocycles. The van der Waals surface area contributed by atoms with Gasteiger partial charge in [0.15, 0.2) is 5.15 Å². The summed E-state index contributed by atoms with van der Waals surface area (Å²) >= 11 is 7.20. The van der Waals surface area contributed by atoms with E-state index in [9.17, 15) is 5.26 Å². The van der Waals surface area contributed by atoms with Crippen LogP contribution in [0.4, 0.5) is 5.00 Å². The molecule has 0 radical (unpaired) electrons. The minimum atomic E-state index is 0.140. The summed E-state index contributed by atoms with van der Waals surface area (Å²) in [5, 5.41) is 14.4. The van der Waals surface area contributed by atoms with Crippen molar-refractivity contribution in [2.75, 3.05) is 11.4 Å². The van der Waals surface area contributed by atoms with Crippen molar-refractivity contribution in [1.29, 1.82) is 5.26 Å². The lowest BCUT2D eigenvalue weighted by molar-refractivity contribution is 0.385. The van der Waals surface area contributed by atoms with Gasteiger partial charge in [-0.3, -0.25) is 0 Å². The van der Waals surface area contributed by atoms with Crippen LogP contribution in [0.25, 0.3) is 0 Å². The Hall–Kier alpha value is -1.58. The molecular weight excluding hydrogens is 284 g/mol. The monoisotopic (exact) mass is 294 g/mol. The standard InChI is InChI=1S/C12H11ClN4OS/c1-7-5-9(15-18-7)10-3-2-4-17(10)12-8(6-14)11(13)16-19-12/h5,10H,2-4H2,1H3. The normalized spacial score (nSPS) is 18.8. The molecule has 7 heteroatoms. The summed E-state index contributed by atoms with van der Waals surface area (Å²) in [6, 6.07) is 4.21. The average Bonchev–Trinajstić information content (AvgIpc) is 3.07. The molecule has 1 aliphatic rings. The Morgan fingerprint density at radius 2 is 2.47 bits per heavy atom. The molecule has 1 unspecified atom stereocenters. The number of anilines is 1. The third kappa shape index (κ3) is 2.09. The summed E-state index contributed by atoms with van der Waals surface area (Å²) < 4.78 is 9.21. The van der Waals surface area contributed by atoms with Crippen LogP contribution in [0, 0.1) is 18.3 Å². The van der Waals surface area contributed by atoms with Crippen molar-refractivity contribution in [3.05, 3.63) is 28.2 Å². The number of halogens is 1. The van der Waals surface area contributed by atoms with Gasteiger partial charge < -0.3 is 9.42 Å². The number of hydrogen-bond acceptors (Lipinski definition) is 6. The van der Waals surface area contributed by atoms with Gasteiger partial charge in [0.05, 0.1) is 6.04 Å². The fourth-order valence-electron chi connectivity index (χ4n) is 2.41. The van der Waals surface area contributed by atoms with Crippen LogP contribution in [0.5, 0.6) is 0 Å². The van der Waals surface area contributed by atoms with E-state index in [2.05, 4.69) is 20.5 Å². The second-order valence-corrected chi connectivity index (χ2v) is 5.59. The molecule has 2 aromatic rings. The van der Waals surface area contributed by atoms with Gasteiger partial charge in [-0.05, 0) is 31.3 Å². The van der Waals surface area contributed by atoms with Crippen molar-refractivity contribution < 1.29 is 4.52 Å². The maximum atomic E-state index is 9.18. The van der Waals surface area contributed by atoms with E-state index in [1.165, 1.54) is 11.5 Å². The molecule has 1 atom stereocenters. The molecule has 0 aliphatic carbocycles. The largest absolute Gasteiger partial charge is 0.361 e. The molecule has 0 aromatic carbocycles. The molecule has 19 heavy (non-hydrogen) atoms. The van der Waals surface area contributed by atoms with Crippen LogP contribution in [-0.2, 0) is 0 Å². The summed E-state index contributed by atoms with van der Waals surface area (Å²) in [5.74, 6) is 0.796. The molecule has 0 saturated carbocycles. The molecular formula is C12H11ClN4OS. The van der Waals surface area contributed by atoms with E-state index >= 15 is 0 Å². The quantitative estimate of drug-likeness (QED) is 0.850. The maximum absolute atomic E-state index is 9.18. The van der Waals surface area contributed by atoms with Crippen LogP contribution in [0.15, 0.2) is 10.6 Å². The van der Waals surface area contributed by atoms with Crippen molar-refractivity contribution in [2.24, 2.45) is 0 Å². The number of nitrogens with zero attached hydrogens (tertiary/aromatic N) is 4. The van der Waals surface area contributed by atoms with Crippen molar-refractivity contribution in [1.82, 2.24) is 9.53 Å². The van der Waals surface area contributed by atoms with Gasteiger partial charge in [-0.25, -0.2) is 0 Å². The molecule has 0 amide bonds. The molecule has 0 spiro atoms. The predicted molar refractivity (Wildman–Crippen MR) is 72.4 cm³/mol. The van der Waals surface area contributed by atoms with Crippen molar-refractivity contribution in [2.45, 2.75) is 25.8 Å². The average molecular weight is 295 g/mol. The molecule has 0 bridgehead atoms. The number of aryl methyl sites for hydroxylation is 1. The summed E-state index contributed by atoms with van der Waals surface area (Å²) in [6.45, 7) is 2.75. The summed E-state index contributed by atoms with van der Waals surface area (Å²) in [6.07, 6.45) is 2.04. The highest BCUT2D eigenvalue weighted by molar-refractivity contribution is 7.10. The lowest BCUT2D eigenvalue weighted by Gasteiger charge is -2.23. The fraction of sp³-hybridized carbons (Fsp3) is 0.417. The molecule has 98 valence electrons. The van der Waals surface area contributed by atoms with Crippen molar-refractivity contribution in [3.63, 3.8) is 0 Å². The van der Waals surface area contributed by atoms with Crippen LogP contribution in [-0.4, -0.2) is 16.1 Å². The fourth-order valence-corrected chi connectivity index (χ4v) is 3.52. The first kappa shape index (κ1) is 12.5. The van der Waals surface area contributed by atoms with Crippen molar-refractivity contribution >= 4 is 28.1 Å². The number of aromatic nitrogens is 2. The summed E-state index contributed by atoms with van der Waals surface area (Å²) in [4.78, 5) is 2.15. The molecule has 5 nitrogen and oxygen atoms in total. The SMILES string of the molecule is Cc1cc(C2CCCN2c2snc(Cl)c2C#N)no1.